The fraction of sp³-hybridized carbons (Fsp3) is 0.846. The number of aliphatic hydroxyl groups excluding tert-OH is 1. The Bertz CT molecular complexity index is 361. The Hall–Kier alpha value is -0.900. The molecule has 1 aromatic heterocycles. The Morgan fingerprint density at radius 3 is 2.82 bits per heavy atom. The SMILES string of the molecule is CC(C)Cn1ncnc1CC1CCC(O)C1C. The lowest BCUT2D eigenvalue weighted by atomic mass is 9.93. The summed E-state index contributed by atoms with van der Waals surface area (Å²) >= 11 is 0. The van der Waals surface area contributed by atoms with Crippen molar-refractivity contribution in [1.82, 2.24) is 14.8 Å². The van der Waals surface area contributed by atoms with Crippen molar-refractivity contribution >= 4 is 0 Å². The van der Waals surface area contributed by atoms with E-state index in [1.54, 1.807) is 6.33 Å². The van der Waals surface area contributed by atoms with Crippen LogP contribution in [-0.4, -0.2) is 26.0 Å². The van der Waals surface area contributed by atoms with Crippen molar-refractivity contribution in [3.63, 3.8) is 0 Å². The Labute approximate surface area is 103 Å². The Morgan fingerprint density at radius 2 is 2.24 bits per heavy atom. The van der Waals surface area contributed by atoms with E-state index >= 15 is 0 Å². The zero-order chi connectivity index (χ0) is 12.4. The molecule has 2 rings (SSSR count). The molecular formula is C13H23N3O. The summed E-state index contributed by atoms with van der Waals surface area (Å²) in [6, 6.07) is 0. The van der Waals surface area contributed by atoms with Crippen LogP contribution in [0.3, 0.4) is 0 Å². The third-order valence-electron chi connectivity index (χ3n) is 3.86. The third-order valence-corrected chi connectivity index (χ3v) is 3.86. The minimum absolute atomic E-state index is 0.124. The standard InChI is InChI=1S/C13H23N3O/c1-9(2)7-16-13(14-8-15-16)6-11-4-5-12(17)10(11)3/h8-12,17H,4-7H2,1-3H3. The lowest BCUT2D eigenvalue weighted by molar-refractivity contribution is 0.127. The lowest BCUT2D eigenvalue weighted by Gasteiger charge is -2.17. The zero-order valence-electron chi connectivity index (χ0n) is 11.0. The smallest absolute Gasteiger partial charge is 0.138 e. The summed E-state index contributed by atoms with van der Waals surface area (Å²) in [5.74, 6) is 2.60. The molecule has 96 valence electrons. The Balaban J connectivity index is 2.01. The van der Waals surface area contributed by atoms with Gasteiger partial charge in [0.25, 0.3) is 0 Å². The molecule has 0 spiro atoms. The molecule has 0 radical (unpaired) electrons. The average Bonchev–Trinajstić information content (AvgIpc) is 2.80. The highest BCUT2D eigenvalue weighted by molar-refractivity contribution is 4.93. The van der Waals surface area contributed by atoms with E-state index in [0.717, 1.165) is 31.6 Å². The van der Waals surface area contributed by atoms with E-state index in [0.29, 0.717) is 17.8 Å². The maximum atomic E-state index is 9.77. The first-order valence-corrected chi connectivity index (χ1v) is 6.62. The van der Waals surface area contributed by atoms with Gasteiger partial charge in [-0.05, 0) is 30.6 Å². The van der Waals surface area contributed by atoms with Gasteiger partial charge in [-0.3, -0.25) is 0 Å². The molecule has 1 aromatic rings. The number of hydrogen-bond acceptors (Lipinski definition) is 3. The lowest BCUT2D eigenvalue weighted by Crippen LogP contribution is -2.19. The quantitative estimate of drug-likeness (QED) is 0.870. The van der Waals surface area contributed by atoms with E-state index in [4.69, 9.17) is 0 Å². The van der Waals surface area contributed by atoms with E-state index in [1.807, 2.05) is 4.68 Å². The predicted molar refractivity (Wildman–Crippen MR) is 66.5 cm³/mol. The summed E-state index contributed by atoms with van der Waals surface area (Å²) in [5, 5.41) is 14.1. The van der Waals surface area contributed by atoms with E-state index in [1.165, 1.54) is 0 Å². The molecule has 1 saturated carbocycles. The van der Waals surface area contributed by atoms with Crippen LogP contribution in [-0.2, 0) is 13.0 Å². The fourth-order valence-corrected chi connectivity index (χ4v) is 2.69. The largest absolute Gasteiger partial charge is 0.393 e. The first-order chi connectivity index (χ1) is 8.08. The summed E-state index contributed by atoms with van der Waals surface area (Å²) in [6.45, 7) is 7.45. The molecule has 1 fully saturated rings. The molecular weight excluding hydrogens is 214 g/mol. The van der Waals surface area contributed by atoms with Gasteiger partial charge in [0.15, 0.2) is 0 Å². The number of rotatable bonds is 4. The van der Waals surface area contributed by atoms with Crippen LogP contribution >= 0.6 is 0 Å². The van der Waals surface area contributed by atoms with E-state index < -0.39 is 0 Å². The summed E-state index contributed by atoms with van der Waals surface area (Å²) < 4.78 is 2.02. The normalized spacial score (nSPS) is 29.1. The first-order valence-electron chi connectivity index (χ1n) is 6.62. The summed E-state index contributed by atoms with van der Waals surface area (Å²) in [4.78, 5) is 4.36. The van der Waals surface area contributed by atoms with Gasteiger partial charge in [0.1, 0.15) is 12.2 Å². The molecule has 4 heteroatoms. The number of aliphatic hydroxyl groups is 1. The van der Waals surface area contributed by atoms with Crippen molar-refractivity contribution in [3.05, 3.63) is 12.2 Å². The highest BCUT2D eigenvalue weighted by Crippen LogP contribution is 2.33. The van der Waals surface area contributed by atoms with Gasteiger partial charge in [-0.1, -0.05) is 20.8 Å². The number of nitrogens with zero attached hydrogens (tertiary/aromatic N) is 3. The molecule has 4 nitrogen and oxygen atoms in total. The molecule has 17 heavy (non-hydrogen) atoms. The van der Waals surface area contributed by atoms with Gasteiger partial charge in [-0.25, -0.2) is 9.67 Å². The van der Waals surface area contributed by atoms with Crippen LogP contribution in [0.15, 0.2) is 6.33 Å². The number of hydrogen-bond donors (Lipinski definition) is 1. The Morgan fingerprint density at radius 1 is 1.47 bits per heavy atom. The van der Waals surface area contributed by atoms with Crippen LogP contribution in [0.4, 0.5) is 0 Å². The molecule has 0 amide bonds. The molecule has 1 aliphatic carbocycles. The molecule has 0 aromatic carbocycles. The van der Waals surface area contributed by atoms with Crippen LogP contribution in [0.5, 0.6) is 0 Å². The summed E-state index contributed by atoms with van der Waals surface area (Å²) in [6.07, 6.45) is 4.51. The average molecular weight is 237 g/mol. The second-order valence-electron chi connectivity index (χ2n) is 5.72. The molecule has 0 saturated heterocycles. The van der Waals surface area contributed by atoms with Crippen LogP contribution in [0.2, 0.25) is 0 Å². The molecule has 3 atom stereocenters. The molecule has 1 aliphatic rings. The van der Waals surface area contributed by atoms with Crippen LogP contribution in [0.1, 0.15) is 39.4 Å². The molecule has 0 bridgehead atoms. The maximum Gasteiger partial charge on any atom is 0.138 e. The van der Waals surface area contributed by atoms with Gasteiger partial charge >= 0.3 is 0 Å². The van der Waals surface area contributed by atoms with Gasteiger partial charge in [0.05, 0.1) is 6.10 Å². The van der Waals surface area contributed by atoms with Crippen molar-refractivity contribution in [3.8, 4) is 0 Å². The van der Waals surface area contributed by atoms with Gasteiger partial charge in [0, 0.05) is 13.0 Å². The zero-order valence-corrected chi connectivity index (χ0v) is 11.0. The van der Waals surface area contributed by atoms with Crippen molar-refractivity contribution < 1.29 is 5.11 Å². The first kappa shape index (κ1) is 12.6. The predicted octanol–water partition coefficient (Wildman–Crippen LogP) is 1.88. The highest BCUT2D eigenvalue weighted by atomic mass is 16.3. The van der Waals surface area contributed by atoms with Gasteiger partial charge in [-0.2, -0.15) is 5.10 Å². The second kappa shape index (κ2) is 5.17. The van der Waals surface area contributed by atoms with Crippen LogP contribution in [0.25, 0.3) is 0 Å². The third kappa shape index (κ3) is 2.86. The van der Waals surface area contributed by atoms with Crippen LogP contribution < -0.4 is 0 Å². The minimum atomic E-state index is -0.124. The van der Waals surface area contributed by atoms with Gasteiger partial charge in [-0.15, -0.1) is 0 Å². The van der Waals surface area contributed by atoms with Crippen molar-refractivity contribution in [2.45, 2.75) is 52.7 Å². The van der Waals surface area contributed by atoms with Crippen LogP contribution in [0, 0.1) is 17.8 Å². The minimum Gasteiger partial charge on any atom is -0.393 e. The molecule has 0 aliphatic heterocycles. The molecule has 1 heterocycles. The van der Waals surface area contributed by atoms with Gasteiger partial charge < -0.3 is 5.11 Å². The highest BCUT2D eigenvalue weighted by Gasteiger charge is 2.32. The van der Waals surface area contributed by atoms with E-state index in [9.17, 15) is 5.11 Å². The molecule has 3 unspecified atom stereocenters. The fourth-order valence-electron chi connectivity index (χ4n) is 2.69. The topological polar surface area (TPSA) is 50.9 Å². The maximum absolute atomic E-state index is 9.77. The molecule has 1 N–H and O–H groups in total. The van der Waals surface area contributed by atoms with E-state index in [-0.39, 0.29) is 6.10 Å². The monoisotopic (exact) mass is 237 g/mol. The van der Waals surface area contributed by atoms with Gasteiger partial charge in [0.2, 0.25) is 0 Å². The van der Waals surface area contributed by atoms with Crippen molar-refractivity contribution in [2.24, 2.45) is 17.8 Å². The summed E-state index contributed by atoms with van der Waals surface area (Å²) in [5.41, 5.74) is 0. The Kier molecular flexibility index (Phi) is 3.82. The van der Waals surface area contributed by atoms with E-state index in [2.05, 4.69) is 30.9 Å². The second-order valence-corrected chi connectivity index (χ2v) is 5.72. The summed E-state index contributed by atoms with van der Waals surface area (Å²) in [7, 11) is 0. The number of aromatic nitrogens is 3. The van der Waals surface area contributed by atoms with Crippen molar-refractivity contribution in [2.75, 3.05) is 0 Å². The van der Waals surface area contributed by atoms with Crippen molar-refractivity contribution in [1.29, 1.82) is 0 Å².